The van der Waals surface area contributed by atoms with Crippen molar-refractivity contribution in [1.82, 2.24) is 5.32 Å². The summed E-state index contributed by atoms with van der Waals surface area (Å²) in [5.41, 5.74) is 0. The molecule has 1 unspecified atom stereocenters. The monoisotopic (exact) mass is 285 g/mol. The molecule has 20 heavy (non-hydrogen) atoms. The summed E-state index contributed by atoms with van der Waals surface area (Å²) in [5, 5.41) is 11.8. The number of aliphatic carboxylic acids is 1. The Morgan fingerprint density at radius 1 is 1.20 bits per heavy atom. The van der Waals surface area contributed by atoms with Crippen molar-refractivity contribution < 1.29 is 19.4 Å². The maximum atomic E-state index is 11.8. The van der Waals surface area contributed by atoms with Crippen molar-refractivity contribution in [3.63, 3.8) is 0 Å². The van der Waals surface area contributed by atoms with Crippen LogP contribution in [0.4, 0.5) is 0 Å². The van der Waals surface area contributed by atoms with Crippen molar-refractivity contribution in [2.45, 2.75) is 65.1 Å². The minimum absolute atomic E-state index is 0.0106. The van der Waals surface area contributed by atoms with Crippen molar-refractivity contribution in [2.24, 2.45) is 11.8 Å². The molecule has 5 nitrogen and oxygen atoms in total. The number of rotatable bonds is 7. The zero-order valence-corrected chi connectivity index (χ0v) is 12.7. The number of carbonyl (C=O) groups excluding carboxylic acids is 1. The molecule has 1 amide bonds. The van der Waals surface area contributed by atoms with E-state index in [4.69, 9.17) is 9.84 Å². The number of carboxylic acids is 1. The van der Waals surface area contributed by atoms with Crippen molar-refractivity contribution in [2.75, 3.05) is 6.54 Å². The molecule has 0 heterocycles. The van der Waals surface area contributed by atoms with Crippen LogP contribution in [0.2, 0.25) is 0 Å². The molecule has 5 heteroatoms. The normalized spacial score (nSPS) is 24.4. The summed E-state index contributed by atoms with van der Waals surface area (Å²) < 4.78 is 5.73. The van der Waals surface area contributed by atoms with Crippen LogP contribution < -0.4 is 5.32 Å². The maximum absolute atomic E-state index is 11.8. The second-order valence-electron chi connectivity index (χ2n) is 6.06. The Labute approximate surface area is 121 Å². The molecule has 0 aliphatic heterocycles. The predicted octanol–water partition coefficient (Wildman–Crippen LogP) is 2.20. The van der Waals surface area contributed by atoms with Crippen LogP contribution in [0.15, 0.2) is 0 Å². The summed E-state index contributed by atoms with van der Waals surface area (Å²) in [6.45, 7) is 6.67. The third-order valence-corrected chi connectivity index (χ3v) is 3.81. The molecule has 0 spiro atoms. The van der Waals surface area contributed by atoms with Gasteiger partial charge >= 0.3 is 5.97 Å². The molecule has 0 saturated heterocycles. The van der Waals surface area contributed by atoms with E-state index in [1.165, 1.54) is 0 Å². The third kappa shape index (κ3) is 5.90. The van der Waals surface area contributed by atoms with E-state index in [2.05, 4.69) is 19.2 Å². The first-order valence-electron chi connectivity index (χ1n) is 7.56. The van der Waals surface area contributed by atoms with Gasteiger partial charge in [0.2, 0.25) is 5.91 Å². The Morgan fingerprint density at radius 2 is 1.80 bits per heavy atom. The number of carboxylic acid groups (broad SMARTS) is 1. The standard InChI is InChI=1S/C15H27NO4/c1-10(2)8-9-16-14(17)11(3)20-13-6-4-12(5-7-13)15(18)19/h10-13H,4-9H2,1-3H3,(H,16,17)(H,18,19). The van der Waals surface area contributed by atoms with Gasteiger partial charge in [0.1, 0.15) is 6.10 Å². The summed E-state index contributed by atoms with van der Waals surface area (Å²) in [5.74, 6) is -0.475. The molecule has 0 radical (unpaired) electrons. The maximum Gasteiger partial charge on any atom is 0.306 e. The molecule has 0 aromatic heterocycles. The highest BCUT2D eigenvalue weighted by molar-refractivity contribution is 5.80. The molecular weight excluding hydrogens is 258 g/mol. The minimum Gasteiger partial charge on any atom is -0.481 e. The van der Waals surface area contributed by atoms with Crippen molar-refractivity contribution in [3.8, 4) is 0 Å². The number of ether oxygens (including phenoxy) is 1. The first kappa shape index (κ1) is 17.0. The van der Waals surface area contributed by atoms with Crippen LogP contribution in [0.5, 0.6) is 0 Å². The van der Waals surface area contributed by atoms with Gasteiger partial charge in [-0.25, -0.2) is 0 Å². The number of carbonyl (C=O) groups is 2. The summed E-state index contributed by atoms with van der Waals surface area (Å²) in [7, 11) is 0. The van der Waals surface area contributed by atoms with Crippen LogP contribution in [0.1, 0.15) is 52.9 Å². The topological polar surface area (TPSA) is 75.6 Å². The van der Waals surface area contributed by atoms with E-state index in [1.54, 1.807) is 6.92 Å². The van der Waals surface area contributed by atoms with Gasteiger partial charge in [-0.05, 0) is 44.9 Å². The van der Waals surface area contributed by atoms with E-state index in [1.807, 2.05) is 0 Å². The Bertz CT molecular complexity index is 322. The Morgan fingerprint density at radius 3 is 2.30 bits per heavy atom. The molecule has 0 aromatic carbocycles. The SMILES string of the molecule is CC(C)CCNC(=O)C(C)OC1CCC(C(=O)O)CC1. The van der Waals surface area contributed by atoms with Gasteiger partial charge in [0.15, 0.2) is 0 Å². The Kier molecular flexibility index (Phi) is 6.99. The quantitative estimate of drug-likeness (QED) is 0.752. The van der Waals surface area contributed by atoms with Crippen LogP contribution in [0.3, 0.4) is 0 Å². The van der Waals surface area contributed by atoms with E-state index in [0.29, 0.717) is 25.3 Å². The second kappa shape index (κ2) is 8.25. The third-order valence-electron chi connectivity index (χ3n) is 3.81. The van der Waals surface area contributed by atoms with Crippen LogP contribution in [0.25, 0.3) is 0 Å². The summed E-state index contributed by atoms with van der Waals surface area (Å²) in [6, 6.07) is 0. The zero-order chi connectivity index (χ0) is 15.1. The van der Waals surface area contributed by atoms with Gasteiger partial charge < -0.3 is 15.2 Å². The lowest BCUT2D eigenvalue weighted by atomic mass is 9.87. The fraction of sp³-hybridized carbons (Fsp3) is 0.867. The van der Waals surface area contributed by atoms with E-state index < -0.39 is 12.1 Å². The summed E-state index contributed by atoms with van der Waals surface area (Å²) in [6.07, 6.45) is 3.23. The van der Waals surface area contributed by atoms with E-state index in [0.717, 1.165) is 19.3 Å². The molecular formula is C15H27NO4. The molecule has 1 atom stereocenters. The lowest BCUT2D eigenvalue weighted by Gasteiger charge is -2.28. The first-order chi connectivity index (χ1) is 9.40. The molecule has 1 aliphatic rings. The first-order valence-corrected chi connectivity index (χ1v) is 7.56. The summed E-state index contributed by atoms with van der Waals surface area (Å²) >= 11 is 0. The number of hydrogen-bond donors (Lipinski definition) is 2. The average molecular weight is 285 g/mol. The highest BCUT2D eigenvalue weighted by Crippen LogP contribution is 2.27. The van der Waals surface area contributed by atoms with Crippen LogP contribution in [0, 0.1) is 11.8 Å². The van der Waals surface area contributed by atoms with Crippen LogP contribution in [-0.2, 0) is 14.3 Å². The summed E-state index contributed by atoms with van der Waals surface area (Å²) in [4.78, 5) is 22.7. The van der Waals surface area contributed by atoms with Gasteiger partial charge in [-0.2, -0.15) is 0 Å². The Hall–Kier alpha value is -1.10. The lowest BCUT2D eigenvalue weighted by Crippen LogP contribution is -2.38. The van der Waals surface area contributed by atoms with E-state index >= 15 is 0 Å². The van der Waals surface area contributed by atoms with Gasteiger partial charge in [-0.3, -0.25) is 9.59 Å². The number of nitrogens with one attached hydrogen (secondary N) is 1. The fourth-order valence-electron chi connectivity index (χ4n) is 2.42. The van der Waals surface area contributed by atoms with Gasteiger partial charge in [-0.1, -0.05) is 13.8 Å². The molecule has 1 rings (SSSR count). The zero-order valence-electron chi connectivity index (χ0n) is 12.7. The van der Waals surface area contributed by atoms with Crippen LogP contribution in [-0.4, -0.2) is 35.7 Å². The van der Waals surface area contributed by atoms with Crippen LogP contribution >= 0.6 is 0 Å². The molecule has 116 valence electrons. The van der Waals surface area contributed by atoms with E-state index in [9.17, 15) is 9.59 Å². The smallest absolute Gasteiger partial charge is 0.306 e. The largest absolute Gasteiger partial charge is 0.481 e. The van der Waals surface area contributed by atoms with E-state index in [-0.39, 0.29) is 17.9 Å². The van der Waals surface area contributed by atoms with Gasteiger partial charge in [0, 0.05) is 6.54 Å². The molecule has 1 fully saturated rings. The average Bonchev–Trinajstić information content (AvgIpc) is 2.38. The highest BCUT2D eigenvalue weighted by atomic mass is 16.5. The van der Waals surface area contributed by atoms with Gasteiger partial charge in [0.05, 0.1) is 12.0 Å². The molecule has 1 saturated carbocycles. The predicted molar refractivity (Wildman–Crippen MR) is 76.4 cm³/mol. The van der Waals surface area contributed by atoms with Gasteiger partial charge in [0.25, 0.3) is 0 Å². The Balaban J connectivity index is 2.23. The minimum atomic E-state index is -0.720. The number of amides is 1. The van der Waals surface area contributed by atoms with Crippen molar-refractivity contribution >= 4 is 11.9 Å². The molecule has 1 aliphatic carbocycles. The number of hydrogen-bond acceptors (Lipinski definition) is 3. The molecule has 0 bridgehead atoms. The second-order valence-corrected chi connectivity index (χ2v) is 6.06. The van der Waals surface area contributed by atoms with Gasteiger partial charge in [-0.15, -0.1) is 0 Å². The van der Waals surface area contributed by atoms with Crippen molar-refractivity contribution in [1.29, 1.82) is 0 Å². The van der Waals surface area contributed by atoms with Crippen molar-refractivity contribution in [3.05, 3.63) is 0 Å². The molecule has 0 aromatic rings. The lowest BCUT2D eigenvalue weighted by molar-refractivity contribution is -0.146. The molecule has 2 N–H and O–H groups in total. The fourth-order valence-corrected chi connectivity index (χ4v) is 2.42. The highest BCUT2D eigenvalue weighted by Gasteiger charge is 2.28.